The molecule has 2 N–H and O–H groups in total. The van der Waals surface area contributed by atoms with Crippen molar-refractivity contribution in [3.8, 4) is 0 Å². The van der Waals surface area contributed by atoms with Gasteiger partial charge in [-0.15, -0.1) is 11.3 Å². The topological polar surface area (TPSA) is 54.3 Å². The quantitative estimate of drug-likeness (QED) is 0.871. The first-order valence-electron chi connectivity index (χ1n) is 8.70. The Labute approximate surface area is 147 Å². The highest BCUT2D eigenvalue weighted by Crippen LogP contribution is 2.24. The van der Waals surface area contributed by atoms with Crippen LogP contribution in [0.5, 0.6) is 0 Å². The number of hydrogen-bond acceptors (Lipinski definition) is 3. The molecule has 0 aromatic carbocycles. The molecule has 0 bridgehead atoms. The third kappa shape index (κ3) is 3.90. The van der Waals surface area contributed by atoms with Crippen LogP contribution in [0.25, 0.3) is 0 Å². The molecule has 1 aliphatic carbocycles. The minimum Gasteiger partial charge on any atom is -0.393 e. The molecule has 2 heterocycles. The molecule has 1 fully saturated rings. The number of aryl methyl sites for hydroxylation is 1. The van der Waals surface area contributed by atoms with E-state index in [-0.39, 0.29) is 12.0 Å². The van der Waals surface area contributed by atoms with Crippen molar-refractivity contribution < 1.29 is 9.90 Å². The summed E-state index contributed by atoms with van der Waals surface area (Å²) in [4.78, 5) is 13.9. The van der Waals surface area contributed by atoms with Gasteiger partial charge in [-0.25, -0.2) is 0 Å². The second-order valence-corrected chi connectivity index (χ2v) is 7.88. The van der Waals surface area contributed by atoms with E-state index in [0.29, 0.717) is 12.5 Å². The van der Waals surface area contributed by atoms with Crippen LogP contribution >= 0.6 is 11.3 Å². The van der Waals surface area contributed by atoms with Crippen LogP contribution in [0.4, 0.5) is 0 Å². The molecule has 0 radical (unpaired) electrons. The Bertz CT molecular complexity index is 691. The summed E-state index contributed by atoms with van der Waals surface area (Å²) in [6.45, 7) is 5.54. The van der Waals surface area contributed by atoms with Gasteiger partial charge in [0.2, 0.25) is 0 Å². The maximum Gasteiger partial charge on any atom is 0.253 e. The van der Waals surface area contributed by atoms with Crippen molar-refractivity contribution in [1.82, 2.24) is 9.88 Å². The summed E-state index contributed by atoms with van der Waals surface area (Å²) < 4.78 is 2.20. The summed E-state index contributed by atoms with van der Waals surface area (Å²) in [5, 5.41) is 14.9. The summed E-state index contributed by atoms with van der Waals surface area (Å²) in [7, 11) is 0. The van der Waals surface area contributed by atoms with Gasteiger partial charge in [-0.2, -0.15) is 0 Å². The van der Waals surface area contributed by atoms with Gasteiger partial charge in [0.25, 0.3) is 5.91 Å². The predicted octanol–water partition coefficient (Wildman–Crippen LogP) is 3.50. The van der Waals surface area contributed by atoms with Gasteiger partial charge in [-0.3, -0.25) is 4.79 Å². The van der Waals surface area contributed by atoms with E-state index in [0.717, 1.165) is 49.2 Å². The van der Waals surface area contributed by atoms with Crippen LogP contribution in [0.2, 0.25) is 0 Å². The number of amides is 1. The molecule has 2 aromatic rings. The maximum absolute atomic E-state index is 12.6. The summed E-state index contributed by atoms with van der Waals surface area (Å²) in [5.41, 5.74) is 2.89. The molecule has 0 spiro atoms. The molecule has 2 atom stereocenters. The first-order chi connectivity index (χ1) is 11.5. The van der Waals surface area contributed by atoms with Crippen LogP contribution in [0, 0.1) is 19.8 Å². The highest BCUT2D eigenvalue weighted by Gasteiger charge is 2.22. The molecule has 4 nitrogen and oxygen atoms in total. The lowest BCUT2D eigenvalue weighted by atomic mass is 9.87. The first kappa shape index (κ1) is 17.2. The highest BCUT2D eigenvalue weighted by molar-refractivity contribution is 7.09. The number of nitrogens with zero attached hydrogens (tertiary/aromatic N) is 1. The largest absolute Gasteiger partial charge is 0.393 e. The zero-order chi connectivity index (χ0) is 17.1. The average molecular weight is 346 g/mol. The lowest BCUT2D eigenvalue weighted by Gasteiger charge is -2.25. The molecule has 5 heteroatoms. The smallest absolute Gasteiger partial charge is 0.253 e. The van der Waals surface area contributed by atoms with Gasteiger partial charge in [0.05, 0.1) is 18.2 Å². The van der Waals surface area contributed by atoms with Crippen molar-refractivity contribution in [1.29, 1.82) is 0 Å². The number of aliphatic hydroxyl groups is 1. The van der Waals surface area contributed by atoms with Gasteiger partial charge < -0.3 is 15.0 Å². The molecule has 2 aromatic heterocycles. The number of nitrogens with one attached hydrogen (secondary N) is 1. The minimum absolute atomic E-state index is 0.000549. The summed E-state index contributed by atoms with van der Waals surface area (Å²) in [6, 6.07) is 6.16. The minimum atomic E-state index is -0.198. The molecule has 2 unspecified atom stereocenters. The molecule has 1 aliphatic rings. The third-order valence-corrected chi connectivity index (χ3v) is 5.88. The van der Waals surface area contributed by atoms with E-state index in [1.165, 1.54) is 4.88 Å². The Morgan fingerprint density at radius 2 is 2.25 bits per heavy atom. The monoisotopic (exact) mass is 346 g/mol. The molecule has 130 valence electrons. The third-order valence-electron chi connectivity index (χ3n) is 5.02. The Hall–Kier alpha value is -1.59. The molecule has 1 amide bonds. The first-order valence-corrected chi connectivity index (χ1v) is 9.58. The van der Waals surface area contributed by atoms with Crippen molar-refractivity contribution in [2.45, 2.75) is 52.2 Å². The fourth-order valence-electron chi connectivity index (χ4n) is 3.61. The van der Waals surface area contributed by atoms with Gasteiger partial charge in [0.1, 0.15) is 0 Å². The number of aliphatic hydroxyl groups excluding tert-OH is 1. The van der Waals surface area contributed by atoms with Crippen LogP contribution in [0.1, 0.15) is 52.3 Å². The van der Waals surface area contributed by atoms with Gasteiger partial charge in [0.15, 0.2) is 0 Å². The lowest BCUT2D eigenvalue weighted by Crippen LogP contribution is -2.33. The van der Waals surface area contributed by atoms with E-state index in [1.54, 1.807) is 11.3 Å². The Morgan fingerprint density at radius 3 is 2.96 bits per heavy atom. The summed E-state index contributed by atoms with van der Waals surface area (Å²) in [5.74, 6) is 0.396. The Kier molecular flexibility index (Phi) is 5.41. The van der Waals surface area contributed by atoms with E-state index < -0.39 is 0 Å². The molecular weight excluding hydrogens is 320 g/mol. The SMILES string of the molecule is Cc1cc(C(=O)NCC2CCCC(O)C2)c(C)n1Cc1cccs1. The van der Waals surface area contributed by atoms with Crippen LogP contribution in [-0.4, -0.2) is 28.2 Å². The second kappa shape index (κ2) is 7.53. The van der Waals surface area contributed by atoms with E-state index in [4.69, 9.17) is 0 Å². The fraction of sp³-hybridized carbons (Fsp3) is 0.526. The number of carbonyl (C=O) groups excluding carboxylic acids is 1. The molecule has 24 heavy (non-hydrogen) atoms. The van der Waals surface area contributed by atoms with Gasteiger partial charge in [-0.1, -0.05) is 12.5 Å². The number of hydrogen-bond donors (Lipinski definition) is 2. The zero-order valence-electron chi connectivity index (χ0n) is 14.4. The second-order valence-electron chi connectivity index (χ2n) is 6.85. The standard InChI is InChI=1S/C19H26N2O2S/c1-13-9-18(14(2)21(13)12-17-7-4-8-24-17)19(23)20-11-15-5-3-6-16(22)10-15/h4,7-9,15-16,22H,3,5-6,10-12H2,1-2H3,(H,20,23). The average Bonchev–Trinajstić information content (AvgIpc) is 3.16. The summed E-state index contributed by atoms with van der Waals surface area (Å²) >= 11 is 1.74. The number of aromatic nitrogens is 1. The maximum atomic E-state index is 12.6. The van der Waals surface area contributed by atoms with Gasteiger partial charge in [0, 0.05) is 22.8 Å². The van der Waals surface area contributed by atoms with Crippen molar-refractivity contribution in [3.05, 3.63) is 45.4 Å². The zero-order valence-corrected chi connectivity index (χ0v) is 15.2. The Balaban J connectivity index is 1.64. The Morgan fingerprint density at radius 1 is 1.42 bits per heavy atom. The fourth-order valence-corrected chi connectivity index (χ4v) is 4.31. The predicted molar refractivity (Wildman–Crippen MR) is 97.6 cm³/mol. The number of thiophene rings is 1. The highest BCUT2D eigenvalue weighted by atomic mass is 32.1. The van der Waals surface area contributed by atoms with Crippen molar-refractivity contribution in [2.75, 3.05) is 6.54 Å². The lowest BCUT2D eigenvalue weighted by molar-refractivity contribution is 0.0873. The number of rotatable bonds is 5. The van der Waals surface area contributed by atoms with E-state index >= 15 is 0 Å². The van der Waals surface area contributed by atoms with Crippen molar-refractivity contribution in [3.63, 3.8) is 0 Å². The molecule has 0 saturated heterocycles. The van der Waals surface area contributed by atoms with E-state index in [1.807, 2.05) is 13.0 Å². The van der Waals surface area contributed by atoms with Gasteiger partial charge >= 0.3 is 0 Å². The number of carbonyl (C=O) groups is 1. The van der Waals surface area contributed by atoms with Gasteiger partial charge in [-0.05, 0) is 56.5 Å². The van der Waals surface area contributed by atoms with Crippen molar-refractivity contribution in [2.24, 2.45) is 5.92 Å². The van der Waals surface area contributed by atoms with Crippen LogP contribution in [-0.2, 0) is 6.54 Å². The van der Waals surface area contributed by atoms with E-state index in [9.17, 15) is 9.90 Å². The van der Waals surface area contributed by atoms with E-state index in [2.05, 4.69) is 34.3 Å². The van der Waals surface area contributed by atoms with Crippen LogP contribution in [0.15, 0.2) is 23.6 Å². The van der Waals surface area contributed by atoms with Crippen LogP contribution < -0.4 is 5.32 Å². The molecule has 3 rings (SSSR count). The molecule has 1 saturated carbocycles. The van der Waals surface area contributed by atoms with Crippen molar-refractivity contribution >= 4 is 17.2 Å². The molecular formula is C19H26N2O2S. The molecule has 0 aliphatic heterocycles. The summed E-state index contributed by atoms with van der Waals surface area (Å²) in [6.07, 6.45) is 3.65. The normalized spacial score (nSPS) is 21.0. The van der Waals surface area contributed by atoms with Crippen LogP contribution in [0.3, 0.4) is 0 Å².